The predicted molar refractivity (Wildman–Crippen MR) is 156 cm³/mol. The van der Waals surface area contributed by atoms with Gasteiger partial charge >= 0.3 is 0 Å². The molecular weight excluding hydrogens is 568 g/mol. The number of nitrogens with zero attached hydrogens (tertiary/aromatic N) is 4. The molecule has 13 heteroatoms. The second kappa shape index (κ2) is 13.3. The Bertz CT molecular complexity index is 1450. The fraction of sp³-hybridized carbons (Fsp3) is 0.440. The molecule has 0 N–H and O–H groups in total. The molecule has 0 saturated heterocycles. The number of halogens is 1. The number of fused-ring (bicyclic) bond motifs is 1. The summed E-state index contributed by atoms with van der Waals surface area (Å²) in [4.78, 5) is 22.0. The smallest absolute Gasteiger partial charge is 0.260 e. The Morgan fingerprint density at radius 1 is 0.868 bits per heavy atom. The molecule has 0 aliphatic carbocycles. The maximum Gasteiger partial charge on any atom is 0.260 e. The van der Waals surface area contributed by atoms with E-state index in [9.17, 15) is 21.6 Å². The van der Waals surface area contributed by atoms with Crippen molar-refractivity contribution in [2.24, 2.45) is 0 Å². The first-order valence-corrected chi connectivity index (χ1v) is 16.2. The molecule has 0 aliphatic rings. The zero-order valence-corrected chi connectivity index (χ0v) is 25.5. The minimum atomic E-state index is -3.65. The number of hydrogen-bond acceptors (Lipinski definition) is 8. The van der Waals surface area contributed by atoms with E-state index in [2.05, 4.69) is 4.98 Å². The van der Waals surface area contributed by atoms with Gasteiger partial charge in [-0.25, -0.2) is 21.8 Å². The van der Waals surface area contributed by atoms with Crippen LogP contribution < -0.4 is 4.90 Å². The van der Waals surface area contributed by atoms with Crippen molar-refractivity contribution in [3.8, 4) is 0 Å². The van der Waals surface area contributed by atoms with Crippen molar-refractivity contribution in [2.75, 3.05) is 51.4 Å². The van der Waals surface area contributed by atoms with Crippen molar-refractivity contribution < 1.29 is 21.6 Å². The minimum absolute atomic E-state index is 0. The van der Waals surface area contributed by atoms with Gasteiger partial charge < -0.3 is 4.90 Å². The number of hydrogen-bond donors (Lipinski definition) is 0. The summed E-state index contributed by atoms with van der Waals surface area (Å²) in [6.45, 7) is 5.68. The Kier molecular flexibility index (Phi) is 11.3. The Morgan fingerprint density at radius 3 is 1.97 bits per heavy atom. The summed E-state index contributed by atoms with van der Waals surface area (Å²) in [5, 5.41) is 0.446. The first kappa shape index (κ1) is 32.1. The van der Waals surface area contributed by atoms with Crippen LogP contribution in [0.1, 0.15) is 37.0 Å². The highest BCUT2D eigenvalue weighted by atomic mass is 35.5. The second-order valence-corrected chi connectivity index (χ2v) is 14.0. The molecule has 0 atom stereocenters. The van der Waals surface area contributed by atoms with Gasteiger partial charge in [0.2, 0.25) is 10.0 Å². The van der Waals surface area contributed by atoms with E-state index in [0.717, 1.165) is 6.26 Å². The van der Waals surface area contributed by atoms with E-state index in [4.69, 9.17) is 0 Å². The van der Waals surface area contributed by atoms with Crippen LogP contribution in [-0.4, -0.2) is 83.5 Å². The molecule has 0 spiro atoms. The van der Waals surface area contributed by atoms with Crippen molar-refractivity contribution in [3.05, 3.63) is 48.0 Å². The fourth-order valence-corrected chi connectivity index (χ4v) is 7.12. The molecule has 9 nitrogen and oxygen atoms in total. The van der Waals surface area contributed by atoms with Crippen LogP contribution in [0.5, 0.6) is 0 Å². The van der Waals surface area contributed by atoms with Crippen LogP contribution in [-0.2, 0) is 19.9 Å². The van der Waals surface area contributed by atoms with E-state index in [1.165, 1.54) is 46.0 Å². The van der Waals surface area contributed by atoms with Gasteiger partial charge in [-0.3, -0.25) is 9.69 Å². The molecule has 2 aromatic carbocycles. The monoisotopic (exact) mass is 602 g/mol. The van der Waals surface area contributed by atoms with E-state index in [0.29, 0.717) is 59.9 Å². The van der Waals surface area contributed by atoms with Crippen LogP contribution in [0, 0.1) is 0 Å². The quantitative estimate of drug-likeness (QED) is 0.306. The topological polar surface area (TPSA) is 108 Å². The highest BCUT2D eigenvalue weighted by Gasteiger charge is 2.25. The maximum absolute atomic E-state index is 13.6. The number of aromatic nitrogens is 1. The third kappa shape index (κ3) is 7.51. The average Bonchev–Trinajstić information content (AvgIpc) is 3.26. The van der Waals surface area contributed by atoms with Crippen molar-refractivity contribution >= 4 is 64.9 Å². The van der Waals surface area contributed by atoms with Crippen molar-refractivity contribution in [1.82, 2.24) is 14.2 Å². The zero-order valence-electron chi connectivity index (χ0n) is 22.2. The summed E-state index contributed by atoms with van der Waals surface area (Å²) in [7, 11) is -3.23. The predicted octanol–water partition coefficient (Wildman–Crippen LogP) is 4.14. The van der Waals surface area contributed by atoms with Gasteiger partial charge in [-0.15, -0.1) is 12.4 Å². The maximum atomic E-state index is 13.6. The van der Waals surface area contributed by atoms with E-state index < -0.39 is 19.9 Å². The number of amides is 1. The number of sulfonamides is 1. The fourth-order valence-electron chi connectivity index (χ4n) is 3.75. The molecule has 38 heavy (non-hydrogen) atoms. The highest BCUT2D eigenvalue weighted by molar-refractivity contribution is 7.90. The number of carbonyl (C=O) groups is 1. The number of likely N-dealkylation sites (N-methyl/N-ethyl adjacent to an activating group) is 1. The molecule has 1 aromatic heterocycles. The van der Waals surface area contributed by atoms with Gasteiger partial charge in [0.1, 0.15) is 0 Å². The van der Waals surface area contributed by atoms with Crippen LogP contribution in [0.25, 0.3) is 10.2 Å². The summed E-state index contributed by atoms with van der Waals surface area (Å²) < 4.78 is 52.3. The van der Waals surface area contributed by atoms with E-state index in [-0.39, 0.29) is 28.1 Å². The molecule has 3 rings (SSSR count). The van der Waals surface area contributed by atoms with Gasteiger partial charge in [0.15, 0.2) is 15.0 Å². The van der Waals surface area contributed by atoms with Gasteiger partial charge in [0.25, 0.3) is 5.91 Å². The average molecular weight is 603 g/mol. The third-order valence-electron chi connectivity index (χ3n) is 5.71. The Balaban J connectivity index is 0.00000507. The molecule has 0 bridgehead atoms. The van der Waals surface area contributed by atoms with Crippen LogP contribution >= 0.6 is 23.7 Å². The Hall–Kier alpha value is -2.09. The number of anilines is 1. The zero-order chi connectivity index (χ0) is 27.4. The van der Waals surface area contributed by atoms with Crippen molar-refractivity contribution in [2.45, 2.75) is 36.5 Å². The number of benzene rings is 2. The van der Waals surface area contributed by atoms with Gasteiger partial charge in [0.05, 0.1) is 20.0 Å². The normalized spacial score (nSPS) is 12.2. The first-order valence-electron chi connectivity index (χ1n) is 12.1. The molecule has 0 unspecified atom stereocenters. The number of rotatable bonds is 12. The van der Waals surface area contributed by atoms with E-state index >= 15 is 0 Å². The molecule has 210 valence electrons. The van der Waals surface area contributed by atoms with Crippen LogP contribution in [0.15, 0.2) is 52.3 Å². The lowest BCUT2D eigenvalue weighted by Gasteiger charge is -2.23. The molecular formula is C25H35ClN4O5S3. The molecule has 1 heterocycles. The summed E-state index contributed by atoms with van der Waals surface area (Å²) in [5.74, 6) is -0.313. The highest BCUT2D eigenvalue weighted by Crippen LogP contribution is 2.31. The second-order valence-electron chi connectivity index (χ2n) is 9.09. The molecule has 0 saturated carbocycles. The van der Waals surface area contributed by atoms with Crippen LogP contribution in [0.2, 0.25) is 0 Å². The molecule has 0 aliphatic heterocycles. The van der Waals surface area contributed by atoms with Gasteiger partial charge in [-0.2, -0.15) is 4.31 Å². The largest absolute Gasteiger partial charge is 0.308 e. The third-order valence-corrected chi connectivity index (χ3v) is 9.77. The van der Waals surface area contributed by atoms with Gasteiger partial charge in [-0.1, -0.05) is 25.2 Å². The molecule has 0 radical (unpaired) electrons. The summed E-state index contributed by atoms with van der Waals surface area (Å²) >= 11 is 1.24. The van der Waals surface area contributed by atoms with Gasteiger partial charge in [0, 0.05) is 38.0 Å². The lowest BCUT2D eigenvalue weighted by molar-refractivity contribution is 0.0985. The van der Waals surface area contributed by atoms with Crippen LogP contribution in [0.4, 0.5) is 5.13 Å². The van der Waals surface area contributed by atoms with Crippen LogP contribution in [0.3, 0.4) is 0 Å². The lowest BCUT2D eigenvalue weighted by Crippen LogP contribution is -2.36. The summed E-state index contributed by atoms with van der Waals surface area (Å²) in [5.41, 5.74) is 0.940. The Labute approximate surface area is 235 Å². The van der Waals surface area contributed by atoms with Crippen molar-refractivity contribution in [3.63, 3.8) is 0 Å². The lowest BCUT2D eigenvalue weighted by atomic mass is 10.2. The number of carbonyl (C=O) groups excluding carboxylic acids is 1. The summed E-state index contributed by atoms with van der Waals surface area (Å²) in [6.07, 6.45) is 2.57. The number of sulfone groups is 1. The van der Waals surface area contributed by atoms with Crippen molar-refractivity contribution in [1.29, 1.82) is 0 Å². The Morgan fingerprint density at radius 2 is 1.45 bits per heavy atom. The van der Waals surface area contributed by atoms with E-state index in [1.54, 1.807) is 17.0 Å². The van der Waals surface area contributed by atoms with Gasteiger partial charge in [-0.05, 0) is 69.4 Å². The standard InChI is InChI=1S/C25H34N4O5S3.ClH/c1-6-14-28(15-7-2)37(33,34)20-10-8-19(9-11-20)24(30)29(17-16-27(3)4)25-26-22-13-12-21(36(5,31)32)18-23(22)35-25;/h8-13,18H,6-7,14-17H2,1-5H3;1H. The summed E-state index contributed by atoms with van der Waals surface area (Å²) in [6, 6.07) is 10.7. The first-order chi connectivity index (χ1) is 17.4. The minimum Gasteiger partial charge on any atom is -0.308 e. The molecule has 1 amide bonds. The van der Waals surface area contributed by atoms with E-state index in [1.807, 2.05) is 32.8 Å². The SMILES string of the molecule is CCCN(CCC)S(=O)(=O)c1ccc(C(=O)N(CCN(C)C)c2nc3ccc(S(C)(=O)=O)cc3s2)cc1.Cl. The number of thiazole rings is 1. The molecule has 3 aromatic rings. The molecule has 0 fully saturated rings.